The standard InChI is InChI=1S/C14H9FNS/c15-10-4-6-11(7-5-10)16-13-2-1-3-14-12(13)8-9-17-14/h1-8,16H. The van der Waals surface area contributed by atoms with E-state index in [1.165, 1.54) is 16.8 Å². The Morgan fingerprint density at radius 3 is 2.71 bits per heavy atom. The molecule has 0 aliphatic carbocycles. The summed E-state index contributed by atoms with van der Waals surface area (Å²) in [5.41, 5.74) is 1.90. The highest BCUT2D eigenvalue weighted by molar-refractivity contribution is 7.16. The second-order valence-electron chi connectivity index (χ2n) is 3.71. The van der Waals surface area contributed by atoms with Crippen molar-refractivity contribution in [2.24, 2.45) is 0 Å². The van der Waals surface area contributed by atoms with Crippen molar-refractivity contribution < 1.29 is 4.39 Å². The highest BCUT2D eigenvalue weighted by Gasteiger charge is 2.02. The Bertz CT molecular complexity index is 643. The first-order valence-electron chi connectivity index (χ1n) is 5.24. The second-order valence-corrected chi connectivity index (χ2v) is 4.59. The fraction of sp³-hybridized carbons (Fsp3) is 0. The molecular weight excluding hydrogens is 233 g/mol. The Labute approximate surface area is 103 Å². The van der Waals surface area contributed by atoms with Gasteiger partial charge in [-0.05, 0) is 42.5 Å². The summed E-state index contributed by atoms with van der Waals surface area (Å²) in [5, 5.41) is 7.54. The molecular formula is C14H9FNS. The normalized spacial score (nSPS) is 10.6. The van der Waals surface area contributed by atoms with E-state index in [0.29, 0.717) is 0 Å². The van der Waals surface area contributed by atoms with E-state index in [-0.39, 0.29) is 5.82 Å². The smallest absolute Gasteiger partial charge is 0.123 e. The minimum Gasteiger partial charge on any atom is -0.355 e. The molecule has 0 saturated carbocycles. The lowest BCUT2D eigenvalue weighted by Gasteiger charge is -2.07. The van der Waals surface area contributed by atoms with E-state index in [1.807, 2.05) is 18.2 Å². The Morgan fingerprint density at radius 2 is 1.88 bits per heavy atom. The van der Waals surface area contributed by atoms with Gasteiger partial charge in [-0.2, -0.15) is 0 Å². The molecule has 0 fully saturated rings. The quantitative estimate of drug-likeness (QED) is 0.693. The van der Waals surface area contributed by atoms with Gasteiger partial charge >= 0.3 is 0 Å². The Morgan fingerprint density at radius 1 is 1.06 bits per heavy atom. The molecule has 17 heavy (non-hydrogen) atoms. The van der Waals surface area contributed by atoms with Crippen LogP contribution in [0.15, 0.2) is 48.5 Å². The topological polar surface area (TPSA) is 12.0 Å². The van der Waals surface area contributed by atoms with Gasteiger partial charge in [0.15, 0.2) is 0 Å². The van der Waals surface area contributed by atoms with E-state index in [9.17, 15) is 4.39 Å². The third-order valence-electron chi connectivity index (χ3n) is 2.56. The molecule has 0 saturated heterocycles. The zero-order chi connectivity index (χ0) is 11.7. The molecule has 0 amide bonds. The third kappa shape index (κ3) is 2.01. The zero-order valence-corrected chi connectivity index (χ0v) is 9.72. The minimum atomic E-state index is -0.224. The summed E-state index contributed by atoms with van der Waals surface area (Å²) >= 11 is 1.59. The molecule has 1 nitrogen and oxygen atoms in total. The van der Waals surface area contributed by atoms with Crippen LogP contribution in [0.5, 0.6) is 0 Å². The van der Waals surface area contributed by atoms with Crippen molar-refractivity contribution in [2.45, 2.75) is 0 Å². The molecule has 0 atom stereocenters. The second kappa shape index (κ2) is 4.18. The molecule has 1 N–H and O–H groups in total. The van der Waals surface area contributed by atoms with Crippen molar-refractivity contribution in [3.8, 4) is 0 Å². The number of halogens is 1. The van der Waals surface area contributed by atoms with Gasteiger partial charge in [0, 0.05) is 26.8 Å². The average molecular weight is 242 g/mol. The highest BCUT2D eigenvalue weighted by atomic mass is 32.1. The predicted octanol–water partition coefficient (Wildman–Crippen LogP) is 4.58. The van der Waals surface area contributed by atoms with Crippen LogP contribution < -0.4 is 5.32 Å². The largest absolute Gasteiger partial charge is 0.355 e. The van der Waals surface area contributed by atoms with E-state index in [0.717, 1.165) is 16.8 Å². The van der Waals surface area contributed by atoms with Crippen LogP contribution in [0.1, 0.15) is 0 Å². The van der Waals surface area contributed by atoms with E-state index in [4.69, 9.17) is 0 Å². The number of hydrogen-bond acceptors (Lipinski definition) is 2. The number of thiophene rings is 1. The first kappa shape index (κ1) is 10.3. The van der Waals surface area contributed by atoms with Gasteiger partial charge < -0.3 is 5.32 Å². The Kier molecular flexibility index (Phi) is 2.53. The summed E-state index contributed by atoms with van der Waals surface area (Å²) in [6.45, 7) is 0. The maximum Gasteiger partial charge on any atom is 0.123 e. The van der Waals surface area contributed by atoms with Crippen molar-refractivity contribution in [3.63, 3.8) is 0 Å². The monoisotopic (exact) mass is 242 g/mol. The maximum atomic E-state index is 12.8. The number of rotatable bonds is 2. The van der Waals surface area contributed by atoms with E-state index in [1.54, 1.807) is 23.5 Å². The van der Waals surface area contributed by atoms with Crippen LogP contribution in [0.3, 0.4) is 0 Å². The van der Waals surface area contributed by atoms with E-state index >= 15 is 0 Å². The fourth-order valence-corrected chi connectivity index (χ4v) is 2.46. The Hall–Kier alpha value is -1.87. The van der Waals surface area contributed by atoms with Gasteiger partial charge in [0.25, 0.3) is 0 Å². The number of nitrogens with one attached hydrogen (secondary N) is 1. The summed E-state index contributed by atoms with van der Waals surface area (Å²) in [4.78, 5) is 0. The molecule has 3 rings (SSSR count). The number of fused-ring (bicyclic) bond motifs is 1. The van der Waals surface area contributed by atoms with Gasteiger partial charge in [-0.1, -0.05) is 6.07 Å². The average Bonchev–Trinajstić information content (AvgIpc) is 2.81. The van der Waals surface area contributed by atoms with Gasteiger partial charge in [0.05, 0.1) is 0 Å². The molecule has 0 aliphatic rings. The lowest BCUT2D eigenvalue weighted by Crippen LogP contribution is -1.90. The highest BCUT2D eigenvalue weighted by Crippen LogP contribution is 2.29. The third-order valence-corrected chi connectivity index (χ3v) is 3.37. The summed E-state index contributed by atoms with van der Waals surface area (Å²) in [5.74, 6) is -0.224. The summed E-state index contributed by atoms with van der Waals surface area (Å²) < 4.78 is 14.0. The molecule has 0 unspecified atom stereocenters. The molecule has 0 aliphatic heterocycles. The molecule has 1 heterocycles. The predicted molar refractivity (Wildman–Crippen MR) is 70.3 cm³/mol. The van der Waals surface area contributed by atoms with Crippen molar-refractivity contribution in [3.05, 3.63) is 59.7 Å². The molecule has 3 heteroatoms. The van der Waals surface area contributed by atoms with Crippen molar-refractivity contribution >= 4 is 32.8 Å². The maximum absolute atomic E-state index is 12.8. The summed E-state index contributed by atoms with van der Waals surface area (Å²) in [6.07, 6.45) is 0. The molecule has 1 radical (unpaired) electrons. The summed E-state index contributed by atoms with van der Waals surface area (Å²) in [7, 11) is 0. The van der Waals surface area contributed by atoms with Crippen LogP contribution in [0.2, 0.25) is 0 Å². The number of anilines is 2. The van der Waals surface area contributed by atoms with Crippen molar-refractivity contribution in [1.29, 1.82) is 0 Å². The van der Waals surface area contributed by atoms with E-state index < -0.39 is 0 Å². The van der Waals surface area contributed by atoms with Gasteiger partial charge in [-0.15, -0.1) is 11.3 Å². The SMILES string of the molecule is Fc1ccc(Nc2cccc3s[c]cc23)cc1. The number of benzene rings is 2. The van der Waals surface area contributed by atoms with Crippen LogP contribution in [0, 0.1) is 11.2 Å². The van der Waals surface area contributed by atoms with Gasteiger partial charge in [0.2, 0.25) is 0 Å². The van der Waals surface area contributed by atoms with Crippen LogP contribution in [0.4, 0.5) is 15.8 Å². The van der Waals surface area contributed by atoms with Crippen molar-refractivity contribution in [2.75, 3.05) is 5.32 Å². The first-order valence-corrected chi connectivity index (χ1v) is 6.06. The lowest BCUT2D eigenvalue weighted by molar-refractivity contribution is 0.628. The molecule has 3 aromatic rings. The summed E-state index contributed by atoms with van der Waals surface area (Å²) in [6, 6.07) is 14.4. The lowest BCUT2D eigenvalue weighted by atomic mass is 10.2. The van der Waals surface area contributed by atoms with Gasteiger partial charge in [-0.3, -0.25) is 0 Å². The van der Waals surface area contributed by atoms with Crippen LogP contribution >= 0.6 is 11.3 Å². The van der Waals surface area contributed by atoms with Gasteiger partial charge in [0.1, 0.15) is 5.82 Å². The van der Waals surface area contributed by atoms with Crippen LogP contribution in [-0.2, 0) is 0 Å². The molecule has 0 spiro atoms. The zero-order valence-electron chi connectivity index (χ0n) is 8.91. The molecule has 83 valence electrons. The van der Waals surface area contributed by atoms with Crippen LogP contribution in [0.25, 0.3) is 10.1 Å². The van der Waals surface area contributed by atoms with E-state index in [2.05, 4.69) is 16.8 Å². The minimum absolute atomic E-state index is 0.224. The first-order chi connectivity index (χ1) is 8.33. The molecule has 0 bridgehead atoms. The van der Waals surface area contributed by atoms with Gasteiger partial charge in [-0.25, -0.2) is 4.39 Å². The molecule has 1 aromatic heterocycles. The fourth-order valence-electron chi connectivity index (χ4n) is 1.73. The number of hydrogen-bond donors (Lipinski definition) is 1. The van der Waals surface area contributed by atoms with Crippen LogP contribution in [-0.4, -0.2) is 0 Å². The molecule has 2 aromatic carbocycles. The Balaban J connectivity index is 1.99. The van der Waals surface area contributed by atoms with Crippen molar-refractivity contribution in [1.82, 2.24) is 0 Å².